The Morgan fingerprint density at radius 3 is 2.43 bits per heavy atom. The molecule has 1 unspecified atom stereocenters. The van der Waals surface area contributed by atoms with Crippen LogP contribution in [0.4, 0.5) is 14.5 Å². The minimum Gasteiger partial charge on any atom is -0.378 e. The van der Waals surface area contributed by atoms with Gasteiger partial charge in [-0.2, -0.15) is 13.9 Å². The number of carbonyl (C=O) groups is 1. The predicted octanol–water partition coefficient (Wildman–Crippen LogP) is 4.65. The van der Waals surface area contributed by atoms with Gasteiger partial charge in [-0.25, -0.2) is 0 Å². The average molecular weight is 471 g/mol. The molecule has 1 fully saturated rings. The van der Waals surface area contributed by atoms with E-state index in [0.717, 1.165) is 16.8 Å². The number of benzene rings is 2. The number of carbonyl (C=O) groups excluding carboxylic acids is 1. The van der Waals surface area contributed by atoms with E-state index in [9.17, 15) is 13.6 Å². The van der Waals surface area contributed by atoms with Gasteiger partial charge in [0, 0.05) is 24.7 Å². The van der Waals surface area contributed by atoms with Crippen molar-refractivity contribution in [1.29, 1.82) is 0 Å². The maximum atomic E-state index is 12.4. The van der Waals surface area contributed by atoms with E-state index >= 15 is 0 Å². The van der Waals surface area contributed by atoms with Crippen LogP contribution in [0.1, 0.15) is 11.1 Å². The molecule has 1 saturated heterocycles. The molecule has 10 heteroatoms. The van der Waals surface area contributed by atoms with Crippen LogP contribution in [0.3, 0.4) is 0 Å². The molecule has 0 bridgehead atoms. The average Bonchev–Trinajstić information content (AvgIpc) is 3.02. The van der Waals surface area contributed by atoms with Gasteiger partial charge < -0.3 is 10.2 Å². The standard InChI is InChI=1S/C20H20F2N4OS2.ClH/c1-26(2)15-7-3-14(4-8-15)12-23-25-20-24-18(27)17(29-20)11-13-5-9-16(10-6-13)28-19(21)22;/h3-10,12,17,19H,11H2,1-2H3,(H,24,25,27);1H. The van der Waals surface area contributed by atoms with Gasteiger partial charge in [0.1, 0.15) is 0 Å². The number of thioether (sulfide) groups is 2. The first-order chi connectivity index (χ1) is 13.9. The number of nitrogens with zero attached hydrogens (tertiary/aromatic N) is 3. The highest BCUT2D eigenvalue weighted by atomic mass is 35.5. The summed E-state index contributed by atoms with van der Waals surface area (Å²) in [6.45, 7) is 0. The molecule has 1 aliphatic heterocycles. The number of amidine groups is 1. The highest BCUT2D eigenvalue weighted by molar-refractivity contribution is 8.15. The zero-order valence-corrected chi connectivity index (χ0v) is 18.7. The fourth-order valence-electron chi connectivity index (χ4n) is 2.61. The molecule has 0 radical (unpaired) electrons. The molecule has 0 saturated carbocycles. The number of alkyl halides is 2. The van der Waals surface area contributed by atoms with Crippen LogP contribution in [-0.4, -0.2) is 42.4 Å². The van der Waals surface area contributed by atoms with Crippen LogP contribution >= 0.6 is 35.9 Å². The SMILES string of the molecule is CN(C)c1ccc(C=N/N=C2\NC(=O)C(Cc3ccc(SC(F)F)cc3)S2)cc1.Cl. The zero-order chi connectivity index (χ0) is 20.8. The van der Waals surface area contributed by atoms with Crippen LogP contribution in [0.5, 0.6) is 0 Å². The summed E-state index contributed by atoms with van der Waals surface area (Å²) < 4.78 is 24.8. The zero-order valence-electron chi connectivity index (χ0n) is 16.3. The van der Waals surface area contributed by atoms with E-state index in [1.54, 1.807) is 30.5 Å². The third-order valence-corrected chi connectivity index (χ3v) is 5.91. The third kappa shape index (κ3) is 7.00. The minimum atomic E-state index is -2.44. The molecular weight excluding hydrogens is 450 g/mol. The second-order valence-electron chi connectivity index (χ2n) is 6.46. The van der Waals surface area contributed by atoms with Crippen LogP contribution in [0.15, 0.2) is 63.6 Å². The lowest BCUT2D eigenvalue weighted by molar-refractivity contribution is -0.118. The van der Waals surface area contributed by atoms with E-state index in [2.05, 4.69) is 15.5 Å². The van der Waals surface area contributed by atoms with Crippen LogP contribution in [0, 0.1) is 0 Å². The summed E-state index contributed by atoms with van der Waals surface area (Å²) in [6, 6.07) is 14.7. The Morgan fingerprint density at radius 1 is 1.17 bits per heavy atom. The first kappa shape index (κ1) is 24.2. The van der Waals surface area contributed by atoms with E-state index in [1.165, 1.54) is 11.8 Å². The Bertz CT molecular complexity index is 906. The molecule has 1 N–H and O–H groups in total. The number of hydrogen-bond donors (Lipinski definition) is 1. The molecule has 1 heterocycles. The maximum Gasteiger partial charge on any atom is 0.288 e. The number of amides is 1. The van der Waals surface area contributed by atoms with Gasteiger partial charge in [-0.1, -0.05) is 47.8 Å². The van der Waals surface area contributed by atoms with Gasteiger partial charge in [0.25, 0.3) is 5.76 Å². The van der Waals surface area contributed by atoms with Gasteiger partial charge in [0.2, 0.25) is 5.91 Å². The second kappa shape index (κ2) is 11.3. The molecule has 2 aromatic rings. The smallest absolute Gasteiger partial charge is 0.288 e. The fourth-order valence-corrected chi connectivity index (χ4v) is 4.08. The maximum absolute atomic E-state index is 12.4. The Labute approximate surface area is 188 Å². The summed E-state index contributed by atoms with van der Waals surface area (Å²) in [5.74, 6) is -2.58. The quantitative estimate of drug-likeness (QED) is 0.363. The summed E-state index contributed by atoms with van der Waals surface area (Å²) in [5.41, 5.74) is 2.91. The largest absolute Gasteiger partial charge is 0.378 e. The summed E-state index contributed by atoms with van der Waals surface area (Å²) in [4.78, 5) is 14.7. The van der Waals surface area contributed by atoms with Gasteiger partial charge in [0.15, 0.2) is 5.17 Å². The van der Waals surface area contributed by atoms with Crippen molar-refractivity contribution in [2.24, 2.45) is 10.2 Å². The molecule has 0 aromatic heterocycles. The molecule has 1 atom stereocenters. The molecule has 1 aliphatic rings. The van der Waals surface area contributed by atoms with Gasteiger partial charge in [0.05, 0.1) is 11.5 Å². The van der Waals surface area contributed by atoms with Gasteiger partial charge in [-0.15, -0.1) is 17.5 Å². The normalized spacial score (nSPS) is 17.4. The lowest BCUT2D eigenvalue weighted by Crippen LogP contribution is -2.25. The lowest BCUT2D eigenvalue weighted by atomic mass is 10.1. The first-order valence-corrected chi connectivity index (χ1v) is 10.6. The van der Waals surface area contributed by atoms with Crippen molar-refractivity contribution in [3.63, 3.8) is 0 Å². The molecule has 160 valence electrons. The molecule has 0 aliphatic carbocycles. The van der Waals surface area contributed by atoms with Gasteiger partial charge >= 0.3 is 0 Å². The lowest BCUT2D eigenvalue weighted by Gasteiger charge is -2.11. The van der Waals surface area contributed by atoms with E-state index in [-0.39, 0.29) is 23.6 Å². The second-order valence-corrected chi connectivity index (χ2v) is 8.71. The van der Waals surface area contributed by atoms with Crippen LogP contribution in [0.25, 0.3) is 0 Å². The van der Waals surface area contributed by atoms with E-state index < -0.39 is 5.76 Å². The van der Waals surface area contributed by atoms with Gasteiger partial charge in [-0.05, 0) is 41.8 Å². The van der Waals surface area contributed by atoms with Crippen LogP contribution in [-0.2, 0) is 11.2 Å². The molecule has 3 rings (SSSR count). The van der Waals surface area contributed by atoms with Gasteiger partial charge in [-0.3, -0.25) is 4.79 Å². The van der Waals surface area contributed by atoms with Crippen LogP contribution in [0.2, 0.25) is 0 Å². The summed E-state index contributed by atoms with van der Waals surface area (Å²) >= 11 is 1.82. The summed E-state index contributed by atoms with van der Waals surface area (Å²) in [6.07, 6.45) is 2.12. The van der Waals surface area contributed by atoms with E-state index in [0.29, 0.717) is 28.2 Å². The first-order valence-electron chi connectivity index (χ1n) is 8.80. The molecule has 0 spiro atoms. The molecule has 30 heavy (non-hydrogen) atoms. The van der Waals surface area contributed by atoms with E-state index in [1.807, 2.05) is 43.3 Å². The summed E-state index contributed by atoms with van der Waals surface area (Å²) in [5, 5.41) is 11.0. The highest BCUT2D eigenvalue weighted by Crippen LogP contribution is 2.27. The Kier molecular flexibility index (Phi) is 9.13. The van der Waals surface area contributed by atoms with Crippen LogP contribution < -0.4 is 10.2 Å². The topological polar surface area (TPSA) is 57.1 Å². The van der Waals surface area contributed by atoms with Crippen molar-refractivity contribution in [2.75, 3.05) is 19.0 Å². The number of hydrogen-bond acceptors (Lipinski definition) is 6. The summed E-state index contributed by atoms with van der Waals surface area (Å²) in [7, 11) is 3.95. The van der Waals surface area contributed by atoms with Crippen molar-refractivity contribution in [3.05, 3.63) is 59.7 Å². The Hall–Kier alpha value is -2.10. The Balaban J connectivity index is 0.00000320. The molecular formula is C20H21ClF2N4OS2. The minimum absolute atomic E-state index is 0. The van der Waals surface area contributed by atoms with Crippen molar-refractivity contribution >= 4 is 58.9 Å². The number of anilines is 1. The monoisotopic (exact) mass is 470 g/mol. The van der Waals surface area contributed by atoms with Crippen molar-refractivity contribution in [2.45, 2.75) is 22.3 Å². The fraction of sp³-hybridized carbons (Fsp3) is 0.250. The molecule has 1 amide bonds. The van der Waals surface area contributed by atoms with E-state index in [4.69, 9.17) is 0 Å². The van der Waals surface area contributed by atoms with Crippen molar-refractivity contribution in [3.8, 4) is 0 Å². The number of halogens is 3. The van der Waals surface area contributed by atoms with Crippen molar-refractivity contribution < 1.29 is 13.6 Å². The number of rotatable bonds is 7. The molecule has 2 aromatic carbocycles. The van der Waals surface area contributed by atoms with Crippen molar-refractivity contribution in [1.82, 2.24) is 5.32 Å². The third-order valence-electron chi connectivity index (χ3n) is 4.11. The Morgan fingerprint density at radius 2 is 1.83 bits per heavy atom. The molecule has 5 nitrogen and oxygen atoms in total. The highest BCUT2D eigenvalue weighted by Gasteiger charge is 2.30. The predicted molar refractivity (Wildman–Crippen MR) is 125 cm³/mol. The number of nitrogens with one attached hydrogen (secondary N) is 1.